The Bertz CT molecular complexity index is 314. The van der Waals surface area contributed by atoms with Gasteiger partial charge in [0.1, 0.15) is 0 Å². The van der Waals surface area contributed by atoms with Gasteiger partial charge in [0.2, 0.25) is 0 Å². The molecule has 1 N–H and O–H groups in total. The van der Waals surface area contributed by atoms with Gasteiger partial charge < -0.3 is 10.1 Å². The second-order valence-corrected chi connectivity index (χ2v) is 6.39. The lowest BCUT2D eigenvalue weighted by molar-refractivity contribution is 0.107. The number of ether oxygens (including phenoxy) is 1. The highest BCUT2D eigenvalue weighted by Gasteiger charge is 2.06. The topological polar surface area (TPSA) is 21.3 Å². The van der Waals surface area contributed by atoms with Crippen molar-refractivity contribution in [1.82, 2.24) is 5.32 Å². The van der Waals surface area contributed by atoms with Crippen LogP contribution in [0.2, 0.25) is 4.34 Å². The molecule has 0 aromatic carbocycles. The molecule has 0 saturated heterocycles. The largest absolute Gasteiger partial charge is 0.381 e. The molecule has 0 amide bonds. The molecule has 98 valence electrons. The summed E-state index contributed by atoms with van der Waals surface area (Å²) in [5, 5.41) is 3.47. The van der Waals surface area contributed by atoms with E-state index in [1.807, 2.05) is 6.07 Å². The van der Waals surface area contributed by atoms with Crippen molar-refractivity contribution in [3.8, 4) is 0 Å². The number of nitrogens with one attached hydrogen (secondary N) is 1. The Hall–Kier alpha value is -0.0900. The van der Waals surface area contributed by atoms with Gasteiger partial charge in [-0.2, -0.15) is 0 Å². The van der Waals surface area contributed by atoms with Crippen molar-refractivity contribution in [3.05, 3.63) is 21.3 Å². The summed E-state index contributed by atoms with van der Waals surface area (Å²) >= 11 is 7.55. The first-order chi connectivity index (χ1) is 8.09. The molecule has 1 atom stereocenters. The molecule has 0 radical (unpaired) electrons. The van der Waals surface area contributed by atoms with E-state index in [1.165, 1.54) is 4.88 Å². The van der Waals surface area contributed by atoms with E-state index < -0.39 is 0 Å². The minimum absolute atomic E-state index is 0.373. The molecule has 17 heavy (non-hydrogen) atoms. The lowest BCUT2D eigenvalue weighted by atomic mass is 10.2. The van der Waals surface area contributed by atoms with Crippen LogP contribution in [0, 0.1) is 5.92 Å². The number of hydrogen-bond donors (Lipinski definition) is 1. The first-order valence-corrected chi connectivity index (χ1v) is 7.35. The number of hydrogen-bond acceptors (Lipinski definition) is 3. The van der Waals surface area contributed by atoms with Gasteiger partial charge >= 0.3 is 0 Å². The van der Waals surface area contributed by atoms with Crippen molar-refractivity contribution in [2.45, 2.75) is 33.2 Å². The van der Waals surface area contributed by atoms with E-state index >= 15 is 0 Å². The Kier molecular flexibility index (Phi) is 7.12. The minimum Gasteiger partial charge on any atom is -0.381 e. The van der Waals surface area contributed by atoms with Gasteiger partial charge in [0, 0.05) is 24.1 Å². The summed E-state index contributed by atoms with van der Waals surface area (Å²) in [4.78, 5) is 1.29. The SMILES string of the molecule is CC(C)COCCCNC(C)c1ccc(Cl)s1. The lowest BCUT2D eigenvalue weighted by Crippen LogP contribution is -2.20. The van der Waals surface area contributed by atoms with E-state index in [0.29, 0.717) is 12.0 Å². The predicted octanol–water partition coefficient (Wildman–Crippen LogP) is 4.11. The van der Waals surface area contributed by atoms with Gasteiger partial charge in [-0.1, -0.05) is 25.4 Å². The van der Waals surface area contributed by atoms with Crippen LogP contribution >= 0.6 is 22.9 Å². The van der Waals surface area contributed by atoms with Gasteiger partial charge in [-0.3, -0.25) is 0 Å². The molecule has 0 aliphatic heterocycles. The van der Waals surface area contributed by atoms with Crippen molar-refractivity contribution in [3.63, 3.8) is 0 Å². The fraction of sp³-hybridized carbons (Fsp3) is 0.692. The first-order valence-electron chi connectivity index (χ1n) is 6.16. The summed E-state index contributed by atoms with van der Waals surface area (Å²) in [5.41, 5.74) is 0. The van der Waals surface area contributed by atoms with E-state index in [9.17, 15) is 0 Å². The van der Waals surface area contributed by atoms with Crippen molar-refractivity contribution < 1.29 is 4.74 Å². The molecular weight excluding hydrogens is 254 g/mol. The molecule has 1 aromatic heterocycles. The molecule has 0 aliphatic rings. The third-order valence-electron chi connectivity index (χ3n) is 2.39. The zero-order valence-corrected chi connectivity index (χ0v) is 12.4. The Labute approximate surface area is 113 Å². The minimum atomic E-state index is 0.373. The molecule has 1 unspecified atom stereocenters. The normalized spacial score (nSPS) is 13.2. The van der Waals surface area contributed by atoms with Crippen LogP contribution in [0.5, 0.6) is 0 Å². The average Bonchev–Trinajstić information content (AvgIpc) is 2.69. The van der Waals surface area contributed by atoms with Crippen LogP contribution in [0.4, 0.5) is 0 Å². The molecule has 1 aromatic rings. The van der Waals surface area contributed by atoms with Crippen molar-refractivity contribution in [1.29, 1.82) is 0 Å². The zero-order chi connectivity index (χ0) is 12.7. The van der Waals surface area contributed by atoms with E-state index in [2.05, 4.69) is 32.2 Å². The molecule has 0 spiro atoms. The van der Waals surface area contributed by atoms with Gasteiger partial charge in [0.15, 0.2) is 0 Å². The molecule has 0 fully saturated rings. The summed E-state index contributed by atoms with van der Waals surface area (Å²) in [6.07, 6.45) is 1.05. The quantitative estimate of drug-likeness (QED) is 0.721. The highest BCUT2D eigenvalue weighted by molar-refractivity contribution is 7.16. The van der Waals surface area contributed by atoms with Gasteiger partial charge in [-0.25, -0.2) is 0 Å². The Morgan fingerprint density at radius 1 is 1.35 bits per heavy atom. The van der Waals surface area contributed by atoms with E-state index in [1.54, 1.807) is 11.3 Å². The molecule has 2 nitrogen and oxygen atoms in total. The van der Waals surface area contributed by atoms with Crippen LogP contribution in [0.15, 0.2) is 12.1 Å². The molecule has 4 heteroatoms. The summed E-state index contributed by atoms with van der Waals surface area (Å²) in [7, 11) is 0. The summed E-state index contributed by atoms with van der Waals surface area (Å²) < 4.78 is 6.38. The molecule has 0 saturated carbocycles. The number of halogens is 1. The molecule has 1 rings (SSSR count). The molecule has 1 heterocycles. The van der Waals surface area contributed by atoms with Gasteiger partial charge in [0.25, 0.3) is 0 Å². The maximum absolute atomic E-state index is 5.91. The van der Waals surface area contributed by atoms with E-state index in [0.717, 1.165) is 30.5 Å². The van der Waals surface area contributed by atoms with Crippen molar-refractivity contribution in [2.24, 2.45) is 5.92 Å². The fourth-order valence-corrected chi connectivity index (χ4v) is 2.56. The Morgan fingerprint density at radius 3 is 2.71 bits per heavy atom. The maximum atomic E-state index is 5.91. The second-order valence-electron chi connectivity index (χ2n) is 4.64. The Morgan fingerprint density at radius 2 is 2.12 bits per heavy atom. The molecule has 0 aliphatic carbocycles. The van der Waals surface area contributed by atoms with Crippen LogP contribution in [0.3, 0.4) is 0 Å². The third-order valence-corrected chi connectivity index (χ3v) is 3.80. The lowest BCUT2D eigenvalue weighted by Gasteiger charge is -2.12. The van der Waals surface area contributed by atoms with Crippen LogP contribution in [0.1, 0.15) is 38.1 Å². The van der Waals surface area contributed by atoms with Crippen molar-refractivity contribution >= 4 is 22.9 Å². The highest BCUT2D eigenvalue weighted by Crippen LogP contribution is 2.26. The van der Waals surface area contributed by atoms with Crippen molar-refractivity contribution in [2.75, 3.05) is 19.8 Å². The monoisotopic (exact) mass is 275 g/mol. The van der Waals surface area contributed by atoms with Gasteiger partial charge in [0.05, 0.1) is 4.34 Å². The van der Waals surface area contributed by atoms with E-state index in [4.69, 9.17) is 16.3 Å². The number of rotatable bonds is 8. The summed E-state index contributed by atoms with van der Waals surface area (Å²) in [5.74, 6) is 0.621. The Balaban J connectivity index is 2.06. The first kappa shape index (κ1) is 15.0. The second kappa shape index (κ2) is 8.09. The predicted molar refractivity (Wildman–Crippen MR) is 76.0 cm³/mol. The van der Waals surface area contributed by atoms with Crippen LogP contribution in [-0.4, -0.2) is 19.8 Å². The summed E-state index contributed by atoms with van der Waals surface area (Å²) in [6, 6.07) is 4.41. The molecular formula is C13H22ClNOS. The van der Waals surface area contributed by atoms with Crippen LogP contribution < -0.4 is 5.32 Å². The fourth-order valence-electron chi connectivity index (χ4n) is 1.47. The van der Waals surface area contributed by atoms with Gasteiger partial charge in [-0.15, -0.1) is 11.3 Å². The average molecular weight is 276 g/mol. The third kappa shape index (κ3) is 6.41. The van der Waals surface area contributed by atoms with Crippen LogP contribution in [-0.2, 0) is 4.74 Å². The highest BCUT2D eigenvalue weighted by atomic mass is 35.5. The summed E-state index contributed by atoms with van der Waals surface area (Å²) in [6.45, 7) is 9.17. The maximum Gasteiger partial charge on any atom is 0.0931 e. The zero-order valence-electron chi connectivity index (χ0n) is 10.8. The smallest absolute Gasteiger partial charge is 0.0931 e. The van der Waals surface area contributed by atoms with Gasteiger partial charge in [-0.05, 0) is 37.9 Å². The number of thiophene rings is 1. The standard InChI is InChI=1S/C13H22ClNOS/c1-10(2)9-16-8-4-7-15-11(3)12-5-6-13(14)17-12/h5-6,10-11,15H,4,7-9H2,1-3H3. The van der Waals surface area contributed by atoms with Crippen LogP contribution in [0.25, 0.3) is 0 Å². The molecule has 0 bridgehead atoms. The van der Waals surface area contributed by atoms with E-state index in [-0.39, 0.29) is 0 Å².